The summed E-state index contributed by atoms with van der Waals surface area (Å²) in [5, 5.41) is 12.9. The van der Waals surface area contributed by atoms with Gasteiger partial charge in [0, 0.05) is 36.5 Å². The van der Waals surface area contributed by atoms with Crippen molar-refractivity contribution in [3.05, 3.63) is 47.2 Å². The third-order valence-electron chi connectivity index (χ3n) is 5.28. The van der Waals surface area contributed by atoms with Crippen molar-refractivity contribution < 1.29 is 4.79 Å². The Morgan fingerprint density at radius 2 is 2.23 bits per heavy atom. The number of H-pyrrole nitrogens is 1. The average Bonchev–Trinajstić information content (AvgIpc) is 3.25. The number of carbonyl (C=O) groups excluding carboxylic acids is 1. The van der Waals surface area contributed by atoms with Gasteiger partial charge in [-0.05, 0) is 44.2 Å². The molecular weight excluding hydrogens is 326 g/mol. The first-order valence-electron chi connectivity index (χ1n) is 9.40. The Labute approximate surface area is 153 Å². The number of aromatic amines is 1. The van der Waals surface area contributed by atoms with Crippen molar-refractivity contribution in [3.63, 3.8) is 0 Å². The smallest absolute Gasteiger partial charge is 0.220 e. The van der Waals surface area contributed by atoms with Gasteiger partial charge in [-0.3, -0.25) is 4.79 Å². The number of carbonyl (C=O) groups is 1. The Bertz CT molecular complexity index is 939. The van der Waals surface area contributed by atoms with E-state index in [1.807, 2.05) is 13.1 Å². The lowest BCUT2D eigenvalue weighted by Gasteiger charge is -2.18. The van der Waals surface area contributed by atoms with Crippen LogP contribution in [0.2, 0.25) is 0 Å². The van der Waals surface area contributed by atoms with Crippen molar-refractivity contribution >= 4 is 16.8 Å². The van der Waals surface area contributed by atoms with Crippen LogP contribution in [0.1, 0.15) is 55.0 Å². The molecule has 3 aromatic rings. The molecule has 0 aliphatic carbocycles. The quantitative estimate of drug-likeness (QED) is 0.741. The van der Waals surface area contributed by atoms with Gasteiger partial charge in [0.05, 0.1) is 6.04 Å². The van der Waals surface area contributed by atoms with E-state index in [1.165, 1.54) is 22.9 Å². The summed E-state index contributed by atoms with van der Waals surface area (Å²) in [7, 11) is 0. The Morgan fingerprint density at radius 3 is 3.12 bits per heavy atom. The van der Waals surface area contributed by atoms with Crippen LogP contribution in [-0.2, 0) is 24.2 Å². The van der Waals surface area contributed by atoms with E-state index in [2.05, 4.69) is 50.2 Å². The molecule has 1 aliphatic rings. The molecule has 2 N–H and O–H groups in total. The number of benzene rings is 1. The van der Waals surface area contributed by atoms with Gasteiger partial charge in [0.25, 0.3) is 0 Å². The molecule has 4 rings (SSSR count). The maximum atomic E-state index is 12.4. The van der Waals surface area contributed by atoms with Gasteiger partial charge in [-0.15, -0.1) is 10.2 Å². The van der Waals surface area contributed by atoms with Crippen LogP contribution in [0.25, 0.3) is 10.9 Å². The minimum atomic E-state index is -0.118. The predicted octanol–water partition coefficient (Wildman–Crippen LogP) is 3.21. The van der Waals surface area contributed by atoms with Gasteiger partial charge in [0.1, 0.15) is 5.82 Å². The molecule has 0 saturated heterocycles. The zero-order chi connectivity index (χ0) is 18.1. The highest BCUT2D eigenvalue weighted by Gasteiger charge is 2.21. The van der Waals surface area contributed by atoms with Crippen molar-refractivity contribution in [2.24, 2.45) is 0 Å². The third kappa shape index (κ3) is 3.11. The number of nitrogens with one attached hydrogen (secondary N) is 2. The van der Waals surface area contributed by atoms with Crippen LogP contribution in [-0.4, -0.2) is 25.7 Å². The van der Waals surface area contributed by atoms with Crippen LogP contribution >= 0.6 is 0 Å². The normalized spacial score (nSPS) is 15.0. The standard InChI is InChI=1S/C20H25N5O/c1-13-6-5-7-16-15(12-21-19(13)16)9-10-18(26)22-14(2)20-24-23-17-8-3-4-11-25(17)20/h5-7,12,14,21H,3-4,8-11H2,1-2H3,(H,22,26)/t14-/m0/s1. The fourth-order valence-corrected chi connectivity index (χ4v) is 3.85. The first kappa shape index (κ1) is 16.8. The number of rotatable bonds is 5. The van der Waals surface area contributed by atoms with Gasteiger partial charge in [-0.25, -0.2) is 0 Å². The summed E-state index contributed by atoms with van der Waals surface area (Å²) in [4.78, 5) is 15.8. The Balaban J connectivity index is 1.39. The highest BCUT2D eigenvalue weighted by atomic mass is 16.1. The first-order chi connectivity index (χ1) is 12.6. The molecule has 0 fully saturated rings. The van der Waals surface area contributed by atoms with Gasteiger partial charge >= 0.3 is 0 Å². The summed E-state index contributed by atoms with van der Waals surface area (Å²) in [6.07, 6.45) is 6.50. The maximum absolute atomic E-state index is 12.4. The maximum Gasteiger partial charge on any atom is 0.220 e. The molecule has 1 aliphatic heterocycles. The molecule has 0 radical (unpaired) electrons. The molecule has 6 nitrogen and oxygen atoms in total. The summed E-state index contributed by atoms with van der Waals surface area (Å²) in [5.74, 6) is 1.96. The van der Waals surface area contributed by atoms with Crippen LogP contribution in [0.5, 0.6) is 0 Å². The van der Waals surface area contributed by atoms with E-state index in [-0.39, 0.29) is 11.9 Å². The lowest BCUT2D eigenvalue weighted by molar-refractivity contribution is -0.121. The Morgan fingerprint density at radius 1 is 1.35 bits per heavy atom. The van der Waals surface area contributed by atoms with Crippen LogP contribution < -0.4 is 5.32 Å². The highest BCUT2D eigenvalue weighted by Crippen LogP contribution is 2.23. The summed E-state index contributed by atoms with van der Waals surface area (Å²) < 4.78 is 2.16. The number of nitrogens with zero attached hydrogens (tertiary/aromatic N) is 3. The highest BCUT2D eigenvalue weighted by molar-refractivity contribution is 5.86. The minimum Gasteiger partial charge on any atom is -0.361 e. The van der Waals surface area contributed by atoms with E-state index < -0.39 is 0 Å². The lowest BCUT2D eigenvalue weighted by atomic mass is 10.1. The second-order valence-electron chi connectivity index (χ2n) is 7.18. The molecular formula is C20H25N5O. The molecule has 0 saturated carbocycles. The number of amides is 1. The zero-order valence-corrected chi connectivity index (χ0v) is 15.4. The minimum absolute atomic E-state index is 0.0488. The first-order valence-corrected chi connectivity index (χ1v) is 9.40. The van der Waals surface area contributed by atoms with Crippen LogP contribution in [0.4, 0.5) is 0 Å². The molecule has 1 aromatic carbocycles. The molecule has 0 unspecified atom stereocenters. The fraction of sp³-hybridized carbons (Fsp3) is 0.450. The van der Waals surface area contributed by atoms with Gasteiger partial charge in [-0.2, -0.15) is 0 Å². The lowest BCUT2D eigenvalue weighted by Crippen LogP contribution is -2.29. The second kappa shape index (κ2) is 6.94. The largest absolute Gasteiger partial charge is 0.361 e. The third-order valence-corrected chi connectivity index (χ3v) is 5.28. The number of aryl methyl sites for hydroxylation is 3. The van der Waals surface area contributed by atoms with Crippen LogP contribution in [0.3, 0.4) is 0 Å². The molecule has 6 heteroatoms. The van der Waals surface area contributed by atoms with Gasteiger partial charge in [0.15, 0.2) is 5.82 Å². The molecule has 26 heavy (non-hydrogen) atoms. The molecule has 136 valence electrons. The van der Waals surface area contributed by atoms with E-state index in [0.717, 1.165) is 43.0 Å². The number of hydrogen-bond acceptors (Lipinski definition) is 3. The summed E-state index contributed by atoms with van der Waals surface area (Å²) in [5.41, 5.74) is 3.57. The molecule has 0 spiro atoms. The Kier molecular flexibility index (Phi) is 4.49. The molecule has 0 bridgehead atoms. The predicted molar refractivity (Wildman–Crippen MR) is 101 cm³/mol. The molecule has 2 aromatic heterocycles. The van der Waals surface area contributed by atoms with Crippen molar-refractivity contribution in [2.45, 2.75) is 58.5 Å². The average molecular weight is 351 g/mol. The molecule has 1 atom stereocenters. The molecule has 1 amide bonds. The fourth-order valence-electron chi connectivity index (χ4n) is 3.85. The topological polar surface area (TPSA) is 75.6 Å². The number of para-hydroxylation sites is 1. The monoisotopic (exact) mass is 351 g/mol. The van der Waals surface area contributed by atoms with E-state index in [0.29, 0.717) is 6.42 Å². The summed E-state index contributed by atoms with van der Waals surface area (Å²) in [6, 6.07) is 6.14. The summed E-state index contributed by atoms with van der Waals surface area (Å²) in [6.45, 7) is 5.03. The Hall–Kier alpha value is -2.63. The van der Waals surface area contributed by atoms with E-state index >= 15 is 0 Å². The summed E-state index contributed by atoms with van der Waals surface area (Å²) >= 11 is 0. The van der Waals surface area contributed by atoms with E-state index in [1.54, 1.807) is 0 Å². The van der Waals surface area contributed by atoms with Crippen molar-refractivity contribution in [2.75, 3.05) is 0 Å². The van der Waals surface area contributed by atoms with Crippen molar-refractivity contribution in [1.82, 2.24) is 25.1 Å². The van der Waals surface area contributed by atoms with Gasteiger partial charge < -0.3 is 14.9 Å². The van der Waals surface area contributed by atoms with Crippen LogP contribution in [0, 0.1) is 6.92 Å². The van der Waals surface area contributed by atoms with E-state index in [9.17, 15) is 4.79 Å². The van der Waals surface area contributed by atoms with E-state index in [4.69, 9.17) is 0 Å². The number of fused-ring (bicyclic) bond motifs is 2. The molecule has 3 heterocycles. The van der Waals surface area contributed by atoms with Crippen molar-refractivity contribution in [1.29, 1.82) is 0 Å². The second-order valence-corrected chi connectivity index (χ2v) is 7.18. The van der Waals surface area contributed by atoms with Crippen LogP contribution in [0.15, 0.2) is 24.4 Å². The van der Waals surface area contributed by atoms with Gasteiger partial charge in [-0.1, -0.05) is 18.2 Å². The van der Waals surface area contributed by atoms with Crippen molar-refractivity contribution in [3.8, 4) is 0 Å². The number of aromatic nitrogens is 4. The van der Waals surface area contributed by atoms with Gasteiger partial charge in [0.2, 0.25) is 5.91 Å². The SMILES string of the molecule is Cc1cccc2c(CCC(=O)N[C@@H](C)c3nnc4n3CCCC4)c[nH]c12. The zero-order valence-electron chi connectivity index (χ0n) is 15.4. The number of hydrogen-bond donors (Lipinski definition) is 2.